The molecule has 9 heteroatoms. The molecule has 0 bridgehead atoms. The molecule has 3 rings (SSSR count). The Morgan fingerprint density at radius 3 is 3.00 bits per heavy atom. The number of H-pyrrole nitrogens is 1. The fourth-order valence-electron chi connectivity index (χ4n) is 2.19. The SMILES string of the molecule is Cc1ncc(C(=O)NCc2csc(N3CCOCC3)n2)c(=O)[nH]1. The van der Waals surface area contributed by atoms with Crippen LogP contribution in [0.4, 0.5) is 5.13 Å². The van der Waals surface area contributed by atoms with Gasteiger partial charge in [-0.05, 0) is 6.92 Å². The van der Waals surface area contributed by atoms with Gasteiger partial charge in [-0.2, -0.15) is 0 Å². The highest BCUT2D eigenvalue weighted by Gasteiger charge is 2.16. The highest BCUT2D eigenvalue weighted by atomic mass is 32.1. The summed E-state index contributed by atoms with van der Waals surface area (Å²) in [6, 6.07) is 0. The highest BCUT2D eigenvalue weighted by molar-refractivity contribution is 7.13. The maximum Gasteiger partial charge on any atom is 0.263 e. The summed E-state index contributed by atoms with van der Waals surface area (Å²) in [5, 5.41) is 5.52. The minimum Gasteiger partial charge on any atom is -0.378 e. The summed E-state index contributed by atoms with van der Waals surface area (Å²) in [7, 11) is 0. The van der Waals surface area contributed by atoms with Crippen LogP contribution in [0.1, 0.15) is 21.9 Å². The largest absolute Gasteiger partial charge is 0.378 e. The number of nitrogens with one attached hydrogen (secondary N) is 2. The maximum atomic E-state index is 12.0. The fraction of sp³-hybridized carbons (Fsp3) is 0.429. The van der Waals surface area contributed by atoms with E-state index >= 15 is 0 Å². The molecule has 0 aromatic carbocycles. The van der Waals surface area contributed by atoms with E-state index < -0.39 is 11.5 Å². The summed E-state index contributed by atoms with van der Waals surface area (Å²) >= 11 is 1.54. The normalized spacial score (nSPS) is 14.7. The predicted molar refractivity (Wildman–Crippen MR) is 85.9 cm³/mol. The van der Waals surface area contributed by atoms with E-state index in [9.17, 15) is 9.59 Å². The van der Waals surface area contributed by atoms with E-state index in [0.29, 0.717) is 19.0 Å². The Hall–Kier alpha value is -2.26. The third kappa shape index (κ3) is 3.74. The smallest absolute Gasteiger partial charge is 0.263 e. The molecule has 0 radical (unpaired) electrons. The minimum absolute atomic E-state index is 0.000711. The van der Waals surface area contributed by atoms with Crippen LogP contribution in [0.15, 0.2) is 16.4 Å². The van der Waals surface area contributed by atoms with Crippen LogP contribution in [0.5, 0.6) is 0 Å². The average molecular weight is 335 g/mol. The summed E-state index contributed by atoms with van der Waals surface area (Å²) in [5.41, 5.74) is 0.322. The van der Waals surface area contributed by atoms with Crippen LogP contribution < -0.4 is 15.8 Å². The van der Waals surface area contributed by atoms with E-state index in [0.717, 1.165) is 23.9 Å². The predicted octanol–water partition coefficient (Wildman–Crippen LogP) is 0.301. The van der Waals surface area contributed by atoms with Crippen molar-refractivity contribution in [2.24, 2.45) is 0 Å². The third-order valence-electron chi connectivity index (χ3n) is 3.42. The zero-order chi connectivity index (χ0) is 16.2. The molecular formula is C14H17N5O3S. The Morgan fingerprint density at radius 1 is 1.48 bits per heavy atom. The molecule has 8 nitrogen and oxygen atoms in total. The molecule has 1 amide bonds. The lowest BCUT2D eigenvalue weighted by atomic mass is 10.3. The van der Waals surface area contributed by atoms with Crippen LogP contribution in [-0.4, -0.2) is 47.2 Å². The fourth-order valence-corrected chi connectivity index (χ4v) is 3.07. The molecule has 122 valence electrons. The van der Waals surface area contributed by atoms with Crippen molar-refractivity contribution < 1.29 is 9.53 Å². The summed E-state index contributed by atoms with van der Waals surface area (Å²) in [4.78, 5) is 36.9. The van der Waals surface area contributed by atoms with E-state index in [1.165, 1.54) is 17.5 Å². The van der Waals surface area contributed by atoms with Crippen molar-refractivity contribution in [2.75, 3.05) is 31.2 Å². The number of carbonyl (C=O) groups is 1. The van der Waals surface area contributed by atoms with E-state index in [1.54, 1.807) is 6.92 Å². The quantitative estimate of drug-likeness (QED) is 0.834. The van der Waals surface area contributed by atoms with Gasteiger partial charge in [0.2, 0.25) is 0 Å². The molecule has 0 spiro atoms. The summed E-state index contributed by atoms with van der Waals surface area (Å²) in [5.74, 6) is 0.0147. The Morgan fingerprint density at radius 2 is 2.26 bits per heavy atom. The zero-order valence-electron chi connectivity index (χ0n) is 12.7. The molecule has 1 aliphatic heterocycles. The number of amides is 1. The Balaban J connectivity index is 1.61. The second-order valence-electron chi connectivity index (χ2n) is 5.11. The number of morpholine rings is 1. The zero-order valence-corrected chi connectivity index (χ0v) is 13.5. The van der Waals surface area contributed by atoms with Gasteiger partial charge in [0.05, 0.1) is 25.5 Å². The lowest BCUT2D eigenvalue weighted by Gasteiger charge is -2.26. The van der Waals surface area contributed by atoms with Crippen LogP contribution in [0.3, 0.4) is 0 Å². The lowest BCUT2D eigenvalue weighted by molar-refractivity contribution is 0.0948. The van der Waals surface area contributed by atoms with Gasteiger partial charge in [-0.3, -0.25) is 9.59 Å². The number of ether oxygens (including phenoxy) is 1. The average Bonchev–Trinajstić information content (AvgIpc) is 3.02. The van der Waals surface area contributed by atoms with Gasteiger partial charge in [0.25, 0.3) is 11.5 Å². The standard InChI is InChI=1S/C14H17N5O3S/c1-9-15-7-11(13(21)17-9)12(20)16-6-10-8-23-14(18-10)19-2-4-22-5-3-19/h7-8H,2-6H2,1H3,(H,16,20)(H,15,17,21). The molecular weight excluding hydrogens is 318 g/mol. The van der Waals surface area contributed by atoms with Gasteiger partial charge in [0.1, 0.15) is 11.4 Å². The molecule has 1 aliphatic rings. The van der Waals surface area contributed by atoms with Gasteiger partial charge < -0.3 is 19.9 Å². The van der Waals surface area contributed by atoms with Crippen molar-refractivity contribution >= 4 is 22.4 Å². The number of nitrogens with zero attached hydrogens (tertiary/aromatic N) is 3. The Labute approximate surface area is 136 Å². The first-order chi connectivity index (χ1) is 11.1. The molecule has 0 aliphatic carbocycles. The molecule has 1 fully saturated rings. The molecule has 2 aromatic rings. The maximum absolute atomic E-state index is 12.0. The van der Waals surface area contributed by atoms with E-state index in [2.05, 4.69) is 25.2 Å². The van der Waals surface area contributed by atoms with Crippen molar-refractivity contribution in [1.82, 2.24) is 20.3 Å². The van der Waals surface area contributed by atoms with Crippen molar-refractivity contribution in [1.29, 1.82) is 0 Å². The molecule has 2 N–H and O–H groups in total. The second kappa shape index (κ2) is 6.88. The first-order valence-corrected chi connectivity index (χ1v) is 8.12. The van der Waals surface area contributed by atoms with Crippen LogP contribution in [0, 0.1) is 6.92 Å². The van der Waals surface area contributed by atoms with Crippen LogP contribution >= 0.6 is 11.3 Å². The molecule has 23 heavy (non-hydrogen) atoms. The van der Waals surface area contributed by atoms with Gasteiger partial charge in [-0.15, -0.1) is 11.3 Å². The number of thiazole rings is 1. The molecule has 0 atom stereocenters. The molecule has 3 heterocycles. The summed E-state index contributed by atoms with van der Waals surface area (Å²) < 4.78 is 5.32. The number of hydrogen-bond acceptors (Lipinski definition) is 7. The Kier molecular flexibility index (Phi) is 4.68. The molecule has 2 aromatic heterocycles. The first kappa shape index (κ1) is 15.6. The molecule has 0 unspecified atom stereocenters. The van der Waals surface area contributed by atoms with Crippen LogP contribution in [-0.2, 0) is 11.3 Å². The second-order valence-corrected chi connectivity index (χ2v) is 5.95. The number of rotatable bonds is 4. The van der Waals surface area contributed by atoms with E-state index in [-0.39, 0.29) is 12.1 Å². The summed E-state index contributed by atoms with van der Waals surface area (Å²) in [6.45, 7) is 4.98. The van der Waals surface area contributed by atoms with E-state index in [1.807, 2.05) is 5.38 Å². The number of aromatic amines is 1. The van der Waals surface area contributed by atoms with Crippen molar-refractivity contribution in [3.05, 3.63) is 39.0 Å². The number of carbonyl (C=O) groups excluding carboxylic acids is 1. The first-order valence-electron chi connectivity index (χ1n) is 7.24. The lowest BCUT2D eigenvalue weighted by Crippen LogP contribution is -2.36. The van der Waals surface area contributed by atoms with Crippen molar-refractivity contribution in [3.8, 4) is 0 Å². The van der Waals surface area contributed by atoms with Crippen molar-refractivity contribution in [3.63, 3.8) is 0 Å². The number of aryl methyl sites for hydroxylation is 1. The Bertz CT molecular complexity index is 751. The number of aromatic nitrogens is 3. The summed E-state index contributed by atoms with van der Waals surface area (Å²) in [6.07, 6.45) is 1.28. The van der Waals surface area contributed by atoms with Crippen molar-refractivity contribution in [2.45, 2.75) is 13.5 Å². The van der Waals surface area contributed by atoms with Gasteiger partial charge in [-0.1, -0.05) is 0 Å². The van der Waals surface area contributed by atoms with Crippen LogP contribution in [0.25, 0.3) is 0 Å². The van der Waals surface area contributed by atoms with Gasteiger partial charge in [-0.25, -0.2) is 9.97 Å². The highest BCUT2D eigenvalue weighted by Crippen LogP contribution is 2.21. The number of anilines is 1. The van der Waals surface area contributed by atoms with Crippen LogP contribution in [0.2, 0.25) is 0 Å². The van der Waals surface area contributed by atoms with Gasteiger partial charge in [0.15, 0.2) is 5.13 Å². The minimum atomic E-state index is -0.459. The monoisotopic (exact) mass is 335 g/mol. The molecule has 1 saturated heterocycles. The third-order valence-corrected chi connectivity index (χ3v) is 4.37. The van der Waals surface area contributed by atoms with E-state index in [4.69, 9.17) is 4.74 Å². The van der Waals surface area contributed by atoms with Gasteiger partial charge in [0, 0.05) is 24.7 Å². The number of hydrogen-bond donors (Lipinski definition) is 2. The topological polar surface area (TPSA) is 100 Å². The molecule has 0 saturated carbocycles. The van der Waals surface area contributed by atoms with Gasteiger partial charge >= 0.3 is 0 Å².